The van der Waals surface area contributed by atoms with E-state index in [2.05, 4.69) is 5.16 Å². The molecular weight excluding hydrogens is 300 g/mol. The molecule has 4 nitrogen and oxygen atoms in total. The van der Waals surface area contributed by atoms with Crippen molar-refractivity contribution < 1.29 is 9.32 Å². The largest absolute Gasteiger partial charge is 0.361 e. The van der Waals surface area contributed by atoms with E-state index in [0.29, 0.717) is 11.4 Å². The number of hydrogen-bond acceptors (Lipinski definition) is 3. The fourth-order valence-corrected chi connectivity index (χ4v) is 3.33. The van der Waals surface area contributed by atoms with Gasteiger partial charge in [-0.1, -0.05) is 28.9 Å². The lowest BCUT2D eigenvalue weighted by molar-refractivity contribution is -0.131. The van der Waals surface area contributed by atoms with E-state index in [4.69, 9.17) is 16.1 Å². The van der Waals surface area contributed by atoms with Crippen LogP contribution in [0, 0.1) is 13.8 Å². The predicted molar refractivity (Wildman–Crippen MR) is 84.8 cm³/mol. The van der Waals surface area contributed by atoms with Crippen molar-refractivity contribution in [3.05, 3.63) is 51.9 Å². The lowest BCUT2D eigenvalue weighted by Gasteiger charge is -2.25. The highest BCUT2D eigenvalue weighted by Gasteiger charge is 2.30. The van der Waals surface area contributed by atoms with Gasteiger partial charge in [-0.25, -0.2) is 0 Å². The Kier molecular flexibility index (Phi) is 4.21. The average molecular weight is 319 g/mol. The van der Waals surface area contributed by atoms with E-state index in [1.165, 1.54) is 0 Å². The zero-order valence-corrected chi connectivity index (χ0v) is 13.6. The van der Waals surface area contributed by atoms with Crippen molar-refractivity contribution in [2.75, 3.05) is 6.54 Å². The van der Waals surface area contributed by atoms with Crippen LogP contribution >= 0.6 is 11.6 Å². The van der Waals surface area contributed by atoms with E-state index in [-0.39, 0.29) is 11.9 Å². The Balaban J connectivity index is 1.80. The minimum Gasteiger partial charge on any atom is -0.361 e. The van der Waals surface area contributed by atoms with E-state index >= 15 is 0 Å². The lowest BCUT2D eigenvalue weighted by atomic mass is 10.0. The molecule has 1 amide bonds. The first-order valence-corrected chi connectivity index (χ1v) is 7.90. The average Bonchev–Trinajstić information content (AvgIpc) is 3.09. The van der Waals surface area contributed by atoms with Crippen molar-refractivity contribution in [1.82, 2.24) is 10.1 Å². The Labute approximate surface area is 135 Å². The van der Waals surface area contributed by atoms with Gasteiger partial charge in [-0.3, -0.25) is 4.79 Å². The summed E-state index contributed by atoms with van der Waals surface area (Å²) in [5.41, 5.74) is 2.81. The predicted octanol–water partition coefficient (Wildman–Crippen LogP) is 3.85. The minimum atomic E-state index is 0.117. The van der Waals surface area contributed by atoms with Crippen LogP contribution in [-0.2, 0) is 11.2 Å². The Morgan fingerprint density at radius 1 is 1.45 bits per heavy atom. The summed E-state index contributed by atoms with van der Waals surface area (Å²) in [5.74, 6) is 0.848. The Morgan fingerprint density at radius 3 is 2.95 bits per heavy atom. The van der Waals surface area contributed by atoms with E-state index in [1.54, 1.807) is 0 Å². The van der Waals surface area contributed by atoms with Gasteiger partial charge in [0.15, 0.2) is 0 Å². The highest BCUT2D eigenvalue weighted by atomic mass is 35.5. The van der Waals surface area contributed by atoms with Crippen molar-refractivity contribution >= 4 is 17.5 Å². The van der Waals surface area contributed by atoms with E-state index < -0.39 is 0 Å². The summed E-state index contributed by atoms with van der Waals surface area (Å²) in [5, 5.41) is 4.63. The summed E-state index contributed by atoms with van der Waals surface area (Å²) in [6.45, 7) is 4.51. The number of hydrogen-bond donors (Lipinski definition) is 0. The van der Waals surface area contributed by atoms with Crippen molar-refractivity contribution in [2.45, 2.75) is 39.2 Å². The number of benzene rings is 1. The van der Waals surface area contributed by atoms with E-state index in [0.717, 1.165) is 42.0 Å². The molecule has 0 radical (unpaired) electrons. The molecule has 0 spiro atoms. The van der Waals surface area contributed by atoms with Crippen LogP contribution in [0.3, 0.4) is 0 Å². The molecule has 1 aromatic heterocycles. The molecule has 1 aliphatic heterocycles. The van der Waals surface area contributed by atoms with Crippen LogP contribution in [0.25, 0.3) is 0 Å². The van der Waals surface area contributed by atoms with Crippen molar-refractivity contribution in [2.24, 2.45) is 0 Å². The molecule has 3 rings (SSSR count). The first-order chi connectivity index (χ1) is 10.6. The zero-order valence-electron chi connectivity index (χ0n) is 12.8. The van der Waals surface area contributed by atoms with Gasteiger partial charge in [0.05, 0.1) is 18.2 Å². The number of carbonyl (C=O) groups excluding carboxylic acids is 1. The zero-order chi connectivity index (χ0) is 15.7. The third-order valence-corrected chi connectivity index (χ3v) is 4.55. The molecule has 0 aliphatic carbocycles. The molecule has 116 valence electrons. The Hall–Kier alpha value is -1.81. The van der Waals surface area contributed by atoms with Gasteiger partial charge in [-0.05, 0) is 44.4 Å². The number of aryl methyl sites for hydroxylation is 2. The monoisotopic (exact) mass is 318 g/mol. The maximum Gasteiger partial charge on any atom is 0.227 e. The highest BCUT2D eigenvalue weighted by Crippen LogP contribution is 2.33. The molecular formula is C17H19ClN2O2. The van der Waals surface area contributed by atoms with Crippen molar-refractivity contribution in [1.29, 1.82) is 0 Å². The van der Waals surface area contributed by atoms with Gasteiger partial charge >= 0.3 is 0 Å². The number of carbonyl (C=O) groups is 1. The number of rotatable bonds is 3. The SMILES string of the molecule is Cc1noc(C)c1CC(=O)N1CCCC1c1cccc(Cl)c1. The van der Waals surface area contributed by atoms with E-state index in [1.807, 2.05) is 43.0 Å². The first kappa shape index (κ1) is 15.1. The first-order valence-electron chi connectivity index (χ1n) is 7.53. The number of nitrogens with zero attached hydrogens (tertiary/aromatic N) is 2. The summed E-state index contributed by atoms with van der Waals surface area (Å²) in [7, 11) is 0. The molecule has 2 aromatic rings. The topological polar surface area (TPSA) is 46.3 Å². The summed E-state index contributed by atoms with van der Waals surface area (Å²) in [6, 6.07) is 7.90. The molecule has 2 heterocycles. The van der Waals surface area contributed by atoms with E-state index in [9.17, 15) is 4.79 Å². The molecule has 5 heteroatoms. The van der Waals surface area contributed by atoms with Crippen LogP contribution in [0.1, 0.15) is 41.5 Å². The van der Waals surface area contributed by atoms with Crippen molar-refractivity contribution in [3.63, 3.8) is 0 Å². The molecule has 1 unspecified atom stereocenters. The standard InChI is InChI=1S/C17H19ClN2O2/c1-11-15(12(2)22-19-11)10-17(21)20-8-4-7-16(20)13-5-3-6-14(18)9-13/h3,5-6,9,16H,4,7-8,10H2,1-2H3. The van der Waals surface area contributed by atoms with Crippen LogP contribution in [0.15, 0.2) is 28.8 Å². The van der Waals surface area contributed by atoms with Crippen LogP contribution in [0.2, 0.25) is 5.02 Å². The molecule has 0 saturated carbocycles. The maximum absolute atomic E-state index is 12.7. The van der Waals surface area contributed by atoms with Gasteiger partial charge in [0, 0.05) is 17.1 Å². The normalized spacial score (nSPS) is 18.0. The number of amides is 1. The second-order valence-corrected chi connectivity index (χ2v) is 6.22. The third kappa shape index (κ3) is 2.88. The minimum absolute atomic E-state index is 0.117. The molecule has 0 N–H and O–H groups in total. The summed E-state index contributed by atoms with van der Waals surface area (Å²) >= 11 is 6.08. The molecule has 1 fully saturated rings. The van der Waals surface area contributed by atoms with Crippen LogP contribution in [0.5, 0.6) is 0 Å². The van der Waals surface area contributed by atoms with Gasteiger partial charge in [-0.15, -0.1) is 0 Å². The molecule has 1 atom stereocenters. The van der Waals surface area contributed by atoms with Crippen LogP contribution in [0.4, 0.5) is 0 Å². The molecule has 1 aliphatic rings. The summed E-state index contributed by atoms with van der Waals surface area (Å²) < 4.78 is 5.15. The maximum atomic E-state index is 12.7. The van der Waals surface area contributed by atoms with Gasteiger partial charge in [0.25, 0.3) is 0 Å². The Bertz CT molecular complexity index is 676. The van der Waals surface area contributed by atoms with Gasteiger partial charge in [-0.2, -0.15) is 0 Å². The number of halogens is 1. The number of aromatic nitrogens is 1. The summed E-state index contributed by atoms with van der Waals surface area (Å²) in [6.07, 6.45) is 2.34. The summed E-state index contributed by atoms with van der Waals surface area (Å²) in [4.78, 5) is 14.7. The van der Waals surface area contributed by atoms with Gasteiger partial charge < -0.3 is 9.42 Å². The molecule has 1 saturated heterocycles. The second kappa shape index (κ2) is 6.13. The van der Waals surface area contributed by atoms with Crippen LogP contribution < -0.4 is 0 Å². The molecule has 0 bridgehead atoms. The van der Waals surface area contributed by atoms with Crippen LogP contribution in [-0.4, -0.2) is 22.5 Å². The molecule has 1 aromatic carbocycles. The lowest BCUT2D eigenvalue weighted by Crippen LogP contribution is -2.32. The van der Waals surface area contributed by atoms with Gasteiger partial charge in [0.1, 0.15) is 5.76 Å². The molecule has 22 heavy (non-hydrogen) atoms. The highest BCUT2D eigenvalue weighted by molar-refractivity contribution is 6.30. The third-order valence-electron chi connectivity index (χ3n) is 4.32. The van der Waals surface area contributed by atoms with Crippen molar-refractivity contribution in [3.8, 4) is 0 Å². The smallest absolute Gasteiger partial charge is 0.227 e. The fourth-order valence-electron chi connectivity index (χ4n) is 3.13. The fraction of sp³-hybridized carbons (Fsp3) is 0.412. The Morgan fingerprint density at radius 2 is 2.27 bits per heavy atom. The second-order valence-electron chi connectivity index (χ2n) is 5.78. The van der Waals surface area contributed by atoms with Gasteiger partial charge in [0.2, 0.25) is 5.91 Å². The quantitative estimate of drug-likeness (QED) is 0.863. The number of likely N-dealkylation sites (tertiary alicyclic amines) is 1.